The molecule has 0 N–H and O–H groups in total. The summed E-state index contributed by atoms with van der Waals surface area (Å²) in [5.74, 6) is 0.167. The summed E-state index contributed by atoms with van der Waals surface area (Å²) in [6.07, 6.45) is 0. The van der Waals surface area contributed by atoms with Crippen LogP contribution in [0.15, 0.2) is 0 Å². The van der Waals surface area contributed by atoms with Crippen LogP contribution in [0.25, 0.3) is 0 Å². The summed E-state index contributed by atoms with van der Waals surface area (Å²) in [6, 6.07) is 0. The molecule has 0 radical (unpaired) electrons. The maximum absolute atomic E-state index is 9.44. The summed E-state index contributed by atoms with van der Waals surface area (Å²) >= 11 is 0. The minimum absolute atomic E-state index is 0. The van der Waals surface area contributed by atoms with Gasteiger partial charge in [0.05, 0.1) is 0 Å². The van der Waals surface area contributed by atoms with Crippen LogP contribution < -0.4 is 0 Å². The second-order valence-corrected chi connectivity index (χ2v) is 0.908. The Hall–Kier alpha value is 1.22. The number of rotatable bonds is 0. The molecule has 1 nitrogen and oxygen atoms in total. The van der Waals surface area contributed by atoms with Gasteiger partial charge in [-0.1, -0.05) is 0 Å². The van der Waals surface area contributed by atoms with Gasteiger partial charge in [-0.25, -0.2) is 0 Å². The van der Waals surface area contributed by atoms with E-state index in [9.17, 15) is 4.79 Å². The van der Waals surface area contributed by atoms with E-state index in [1.165, 1.54) is 13.8 Å². The van der Waals surface area contributed by atoms with E-state index in [0.29, 0.717) is 0 Å². The number of carbonyl (C=O) groups excluding carboxylic acids is 1. The number of hydrogen-bond acceptors (Lipinski definition) is 1. The molecule has 0 aromatic heterocycles. The van der Waals surface area contributed by atoms with Gasteiger partial charge in [-0.15, -0.1) is 12.4 Å². The third-order valence-corrected chi connectivity index (χ3v) is 0. The Kier molecular flexibility index (Phi) is 24.9. The van der Waals surface area contributed by atoms with Crippen molar-refractivity contribution in [1.82, 2.24) is 0 Å². The number of halogens is 1. The van der Waals surface area contributed by atoms with Gasteiger partial charge in [-0.05, 0) is 13.8 Å². The second kappa shape index (κ2) is 9.52. The Balaban J connectivity index is -0.00000000750. The van der Waals surface area contributed by atoms with Crippen molar-refractivity contribution in [2.45, 2.75) is 13.8 Å². The SMILES string of the molecule is CC(C)=O.Cl.[Ca+2].[H-].[H-]. The molecule has 0 saturated carbocycles. The van der Waals surface area contributed by atoms with Crippen molar-refractivity contribution in [3.63, 3.8) is 0 Å². The number of Topliss-reactive ketones (excluding diaryl/α,β-unsaturated/α-hetero) is 1. The number of hydrogen-bond donors (Lipinski definition) is 0. The predicted molar refractivity (Wildman–Crippen MR) is 31.6 cm³/mol. The van der Waals surface area contributed by atoms with Crippen LogP contribution in [0.1, 0.15) is 16.7 Å². The predicted octanol–water partition coefficient (Wildman–Crippen LogP) is 0.861. The van der Waals surface area contributed by atoms with E-state index in [1.54, 1.807) is 0 Å². The first kappa shape index (κ1) is 15.7. The fourth-order valence-corrected chi connectivity index (χ4v) is 0. The molecule has 0 aliphatic carbocycles. The van der Waals surface area contributed by atoms with E-state index in [0.717, 1.165) is 0 Å². The van der Waals surface area contributed by atoms with Crippen molar-refractivity contribution in [1.29, 1.82) is 0 Å². The van der Waals surface area contributed by atoms with Gasteiger partial charge < -0.3 is 7.65 Å². The molecule has 0 amide bonds. The van der Waals surface area contributed by atoms with Gasteiger partial charge in [0.1, 0.15) is 5.78 Å². The molecular formula is C3H9CaClO. The van der Waals surface area contributed by atoms with Crippen molar-refractivity contribution >= 4 is 55.9 Å². The fourth-order valence-electron chi connectivity index (χ4n) is 0. The maximum Gasteiger partial charge on any atom is 2.00 e. The van der Waals surface area contributed by atoms with Crippen LogP contribution in [0, 0.1) is 0 Å². The van der Waals surface area contributed by atoms with Crippen molar-refractivity contribution in [2.24, 2.45) is 0 Å². The molecular weight excluding hydrogens is 128 g/mol. The summed E-state index contributed by atoms with van der Waals surface area (Å²) in [5.41, 5.74) is 0. The minimum atomic E-state index is 0. The third kappa shape index (κ3) is 62.5. The quantitative estimate of drug-likeness (QED) is 0.452. The second-order valence-electron chi connectivity index (χ2n) is 0.908. The Morgan fingerprint density at radius 1 is 1.50 bits per heavy atom. The zero-order chi connectivity index (χ0) is 3.58. The Morgan fingerprint density at radius 2 is 1.50 bits per heavy atom. The first-order chi connectivity index (χ1) is 1.73. The van der Waals surface area contributed by atoms with Gasteiger partial charge in [0.25, 0.3) is 0 Å². The average molecular weight is 137 g/mol. The monoisotopic (exact) mass is 136 g/mol. The molecule has 3 heteroatoms. The first-order valence-corrected chi connectivity index (χ1v) is 1.20. The largest absolute Gasteiger partial charge is 2.00 e. The average Bonchev–Trinajstić information content (AvgIpc) is 0.811. The number of ketones is 1. The van der Waals surface area contributed by atoms with E-state index < -0.39 is 0 Å². The van der Waals surface area contributed by atoms with E-state index in [2.05, 4.69) is 0 Å². The van der Waals surface area contributed by atoms with Crippen LogP contribution in [0.2, 0.25) is 0 Å². The van der Waals surface area contributed by atoms with E-state index >= 15 is 0 Å². The van der Waals surface area contributed by atoms with Crippen molar-refractivity contribution in [2.75, 3.05) is 0 Å². The van der Waals surface area contributed by atoms with Gasteiger partial charge in [0.15, 0.2) is 0 Å². The molecule has 36 valence electrons. The van der Waals surface area contributed by atoms with Crippen LogP contribution in [-0.2, 0) is 4.79 Å². The van der Waals surface area contributed by atoms with E-state index in [1.807, 2.05) is 0 Å². The standard InChI is InChI=1S/C3H6O.Ca.ClH.2H/c1-3(2)4;;;;/h1-2H3;;1H;;/q;+2;;2*-1. The van der Waals surface area contributed by atoms with E-state index in [4.69, 9.17) is 0 Å². The van der Waals surface area contributed by atoms with Crippen molar-refractivity contribution in [3.8, 4) is 0 Å². The normalized spacial score (nSPS) is 4.33. The molecule has 0 saturated heterocycles. The van der Waals surface area contributed by atoms with Crippen LogP contribution in [0.4, 0.5) is 0 Å². The zero-order valence-electron chi connectivity index (χ0n) is 6.02. The molecule has 0 bridgehead atoms. The van der Waals surface area contributed by atoms with Gasteiger partial charge in [-0.2, -0.15) is 0 Å². The molecule has 0 fully saturated rings. The molecule has 0 aromatic rings. The molecule has 0 spiro atoms. The molecule has 6 heavy (non-hydrogen) atoms. The Labute approximate surface area is 76.9 Å². The first-order valence-electron chi connectivity index (χ1n) is 1.20. The van der Waals surface area contributed by atoms with Crippen LogP contribution in [-0.4, -0.2) is 43.5 Å². The molecule has 0 atom stereocenters. The van der Waals surface area contributed by atoms with Gasteiger partial charge in [0, 0.05) is 0 Å². The molecule has 0 aliphatic rings. The summed E-state index contributed by atoms with van der Waals surface area (Å²) in [4.78, 5) is 9.44. The fraction of sp³-hybridized carbons (Fsp3) is 0.667. The minimum Gasteiger partial charge on any atom is -1.00 e. The summed E-state index contributed by atoms with van der Waals surface area (Å²) < 4.78 is 0. The van der Waals surface area contributed by atoms with Gasteiger partial charge in [-0.3, -0.25) is 0 Å². The summed E-state index contributed by atoms with van der Waals surface area (Å²) in [6.45, 7) is 3.06. The topological polar surface area (TPSA) is 17.1 Å². The van der Waals surface area contributed by atoms with Crippen LogP contribution in [0.5, 0.6) is 0 Å². The summed E-state index contributed by atoms with van der Waals surface area (Å²) in [5, 5.41) is 0. The van der Waals surface area contributed by atoms with Gasteiger partial charge >= 0.3 is 37.7 Å². The number of carbonyl (C=O) groups is 1. The van der Waals surface area contributed by atoms with E-state index in [-0.39, 0.29) is 58.8 Å². The molecule has 0 aromatic carbocycles. The maximum atomic E-state index is 9.44. The van der Waals surface area contributed by atoms with Crippen molar-refractivity contribution in [3.05, 3.63) is 0 Å². The smallest absolute Gasteiger partial charge is 1.00 e. The van der Waals surface area contributed by atoms with Crippen LogP contribution in [0.3, 0.4) is 0 Å². The van der Waals surface area contributed by atoms with Crippen LogP contribution >= 0.6 is 12.4 Å². The molecule has 0 rings (SSSR count). The molecule has 0 heterocycles. The third-order valence-electron chi connectivity index (χ3n) is 0. The van der Waals surface area contributed by atoms with Gasteiger partial charge in [0.2, 0.25) is 0 Å². The Morgan fingerprint density at radius 3 is 1.50 bits per heavy atom. The zero-order valence-corrected chi connectivity index (χ0v) is 7.05. The Bertz CT molecular complexity index is 40.3. The molecule has 0 aliphatic heterocycles. The molecule has 0 unspecified atom stereocenters. The summed E-state index contributed by atoms with van der Waals surface area (Å²) in [7, 11) is 0. The van der Waals surface area contributed by atoms with Crippen molar-refractivity contribution < 1.29 is 7.65 Å².